The van der Waals surface area contributed by atoms with Crippen molar-refractivity contribution in [3.8, 4) is 0 Å². The third-order valence-corrected chi connectivity index (χ3v) is 3.16. The van der Waals surface area contributed by atoms with E-state index in [1.807, 2.05) is 0 Å². The summed E-state index contributed by atoms with van der Waals surface area (Å²) in [5.74, 6) is -0.328. The first-order valence-electron chi connectivity index (χ1n) is 5.88. The molecule has 0 aliphatic heterocycles. The Morgan fingerprint density at radius 3 is 2.95 bits per heavy atom. The van der Waals surface area contributed by atoms with E-state index >= 15 is 0 Å². The van der Waals surface area contributed by atoms with E-state index < -0.39 is 6.10 Å². The van der Waals surface area contributed by atoms with Gasteiger partial charge in [-0.05, 0) is 24.1 Å². The van der Waals surface area contributed by atoms with Crippen LogP contribution in [0.4, 0.5) is 4.39 Å². The molecule has 0 radical (unpaired) electrons. The molecule has 0 aliphatic rings. The summed E-state index contributed by atoms with van der Waals surface area (Å²) >= 11 is 0. The van der Waals surface area contributed by atoms with Gasteiger partial charge >= 0.3 is 0 Å². The van der Waals surface area contributed by atoms with Crippen LogP contribution in [0.2, 0.25) is 0 Å². The maximum Gasteiger partial charge on any atom is 0.126 e. The molecular weight excluding hydrogens is 245 g/mol. The second kappa shape index (κ2) is 4.44. The van der Waals surface area contributed by atoms with Crippen LogP contribution in [0.25, 0.3) is 5.52 Å². The van der Waals surface area contributed by atoms with E-state index in [1.54, 1.807) is 48.4 Å². The Kier molecular flexibility index (Phi) is 2.76. The summed E-state index contributed by atoms with van der Waals surface area (Å²) in [6.45, 7) is 1.69. The number of aliphatic hydroxyl groups is 1. The number of hydrogen-bond acceptors (Lipinski definition) is 3. The Bertz CT molecular complexity index is 738. The summed E-state index contributed by atoms with van der Waals surface area (Å²) < 4.78 is 15.2. The predicted molar refractivity (Wildman–Crippen MR) is 68.2 cm³/mol. The summed E-state index contributed by atoms with van der Waals surface area (Å²) in [5.41, 5.74) is 2.37. The molecule has 5 heteroatoms. The van der Waals surface area contributed by atoms with E-state index in [9.17, 15) is 9.50 Å². The number of aliphatic hydroxyl groups excluding tert-OH is 1. The van der Waals surface area contributed by atoms with Crippen LogP contribution in [0.5, 0.6) is 0 Å². The van der Waals surface area contributed by atoms with Crippen LogP contribution in [0.15, 0.2) is 43.0 Å². The van der Waals surface area contributed by atoms with Crippen molar-refractivity contribution in [3.63, 3.8) is 0 Å². The van der Waals surface area contributed by atoms with Gasteiger partial charge in [0.1, 0.15) is 11.9 Å². The van der Waals surface area contributed by atoms with Gasteiger partial charge in [0.25, 0.3) is 0 Å². The molecule has 0 saturated carbocycles. The number of hydrogen-bond donors (Lipinski definition) is 1. The molecule has 0 bridgehead atoms. The van der Waals surface area contributed by atoms with E-state index in [0.29, 0.717) is 22.2 Å². The van der Waals surface area contributed by atoms with E-state index in [0.717, 1.165) is 0 Å². The molecule has 96 valence electrons. The zero-order valence-electron chi connectivity index (χ0n) is 10.3. The van der Waals surface area contributed by atoms with Crippen LogP contribution in [-0.4, -0.2) is 19.7 Å². The number of benzene rings is 1. The summed E-state index contributed by atoms with van der Waals surface area (Å²) in [7, 11) is 0. The van der Waals surface area contributed by atoms with Crippen LogP contribution in [-0.2, 0) is 0 Å². The third kappa shape index (κ3) is 1.98. The lowest BCUT2D eigenvalue weighted by molar-refractivity contribution is 0.221. The smallest absolute Gasteiger partial charge is 0.126 e. The van der Waals surface area contributed by atoms with Crippen LogP contribution >= 0.6 is 0 Å². The van der Waals surface area contributed by atoms with Gasteiger partial charge in [0, 0.05) is 18.0 Å². The van der Waals surface area contributed by atoms with E-state index in [1.165, 1.54) is 6.07 Å². The van der Waals surface area contributed by atoms with Crippen molar-refractivity contribution in [1.29, 1.82) is 0 Å². The summed E-state index contributed by atoms with van der Waals surface area (Å²) in [6, 6.07) is 4.71. The molecule has 0 spiro atoms. The molecule has 1 atom stereocenters. The highest BCUT2D eigenvalue weighted by Gasteiger charge is 2.16. The van der Waals surface area contributed by atoms with Crippen LogP contribution < -0.4 is 0 Å². The van der Waals surface area contributed by atoms with E-state index in [2.05, 4.69) is 10.1 Å². The monoisotopic (exact) mass is 257 g/mol. The minimum absolute atomic E-state index is 0.328. The lowest BCUT2D eigenvalue weighted by Gasteiger charge is -2.10. The van der Waals surface area contributed by atoms with Gasteiger partial charge in [-0.25, -0.2) is 8.91 Å². The lowest BCUT2D eigenvalue weighted by Crippen LogP contribution is -2.00. The second-order valence-electron chi connectivity index (χ2n) is 4.42. The fraction of sp³-hybridized carbons (Fsp3) is 0.143. The predicted octanol–water partition coefficient (Wildman–Crippen LogP) is 2.26. The summed E-state index contributed by atoms with van der Waals surface area (Å²) in [5, 5.41) is 14.5. The van der Waals surface area contributed by atoms with E-state index in [-0.39, 0.29) is 5.82 Å². The van der Waals surface area contributed by atoms with Gasteiger partial charge in [-0.15, -0.1) is 0 Å². The fourth-order valence-corrected chi connectivity index (χ4v) is 2.02. The molecule has 0 amide bonds. The van der Waals surface area contributed by atoms with Gasteiger partial charge in [-0.2, -0.15) is 5.10 Å². The van der Waals surface area contributed by atoms with Crippen molar-refractivity contribution < 1.29 is 9.50 Å². The zero-order chi connectivity index (χ0) is 13.4. The lowest BCUT2D eigenvalue weighted by atomic mass is 10.0. The summed E-state index contributed by atoms with van der Waals surface area (Å²) in [6.07, 6.45) is 5.58. The molecule has 2 aromatic heterocycles. The average molecular weight is 257 g/mol. The van der Waals surface area contributed by atoms with Crippen molar-refractivity contribution in [2.45, 2.75) is 13.0 Å². The Hall–Kier alpha value is -2.27. The fourth-order valence-electron chi connectivity index (χ4n) is 2.02. The largest absolute Gasteiger partial charge is 0.384 e. The quantitative estimate of drug-likeness (QED) is 0.766. The average Bonchev–Trinajstić information content (AvgIpc) is 2.85. The first-order chi connectivity index (χ1) is 9.16. The van der Waals surface area contributed by atoms with Crippen LogP contribution in [0.1, 0.15) is 22.8 Å². The van der Waals surface area contributed by atoms with E-state index in [4.69, 9.17) is 0 Å². The molecule has 19 heavy (non-hydrogen) atoms. The Labute approximate surface area is 109 Å². The number of nitrogens with zero attached hydrogens (tertiary/aromatic N) is 3. The normalized spacial score (nSPS) is 12.8. The molecule has 2 heterocycles. The second-order valence-corrected chi connectivity index (χ2v) is 4.42. The van der Waals surface area contributed by atoms with Crippen molar-refractivity contribution in [3.05, 3.63) is 65.5 Å². The number of aromatic nitrogens is 3. The molecular formula is C14H12FN3O. The maximum atomic E-state index is 13.6. The SMILES string of the molecule is Cc1ccc(C(O)c2cnn3ccncc23)cc1F. The minimum Gasteiger partial charge on any atom is -0.384 e. The molecule has 3 rings (SSSR count). The van der Waals surface area contributed by atoms with Gasteiger partial charge in [-0.1, -0.05) is 12.1 Å². The highest BCUT2D eigenvalue weighted by molar-refractivity contribution is 5.54. The van der Waals surface area contributed by atoms with Gasteiger partial charge in [0.05, 0.1) is 17.9 Å². The zero-order valence-corrected chi connectivity index (χ0v) is 10.3. The third-order valence-electron chi connectivity index (χ3n) is 3.16. The topological polar surface area (TPSA) is 50.4 Å². The van der Waals surface area contributed by atoms with Crippen molar-refractivity contribution >= 4 is 5.52 Å². The molecule has 1 N–H and O–H groups in total. The van der Waals surface area contributed by atoms with Gasteiger partial charge in [0.2, 0.25) is 0 Å². The molecule has 0 aliphatic carbocycles. The Balaban J connectivity index is 2.08. The molecule has 3 aromatic rings. The van der Waals surface area contributed by atoms with Gasteiger partial charge in [-0.3, -0.25) is 4.98 Å². The van der Waals surface area contributed by atoms with Crippen LogP contribution in [0, 0.1) is 12.7 Å². The molecule has 1 unspecified atom stereocenters. The number of fused-ring (bicyclic) bond motifs is 1. The standard InChI is InChI=1S/C14H12FN3O/c1-9-2-3-10(6-12(9)15)14(19)11-7-17-18-5-4-16-8-13(11)18/h2-8,14,19H,1H3. The Morgan fingerprint density at radius 2 is 2.16 bits per heavy atom. The van der Waals surface area contributed by atoms with Crippen LogP contribution in [0.3, 0.4) is 0 Å². The Morgan fingerprint density at radius 1 is 1.32 bits per heavy atom. The number of aryl methyl sites for hydroxylation is 1. The highest BCUT2D eigenvalue weighted by atomic mass is 19.1. The first kappa shape index (κ1) is 11.8. The van der Waals surface area contributed by atoms with Crippen molar-refractivity contribution in [2.75, 3.05) is 0 Å². The highest BCUT2D eigenvalue weighted by Crippen LogP contribution is 2.26. The first-order valence-corrected chi connectivity index (χ1v) is 5.88. The number of halogens is 1. The molecule has 0 fully saturated rings. The number of rotatable bonds is 2. The minimum atomic E-state index is -0.920. The van der Waals surface area contributed by atoms with Gasteiger partial charge in [0.15, 0.2) is 0 Å². The molecule has 0 saturated heterocycles. The summed E-state index contributed by atoms with van der Waals surface area (Å²) in [4.78, 5) is 4.01. The van der Waals surface area contributed by atoms with Gasteiger partial charge < -0.3 is 5.11 Å². The molecule has 1 aromatic carbocycles. The van der Waals surface area contributed by atoms with Crippen molar-refractivity contribution in [2.24, 2.45) is 0 Å². The molecule has 4 nitrogen and oxygen atoms in total. The van der Waals surface area contributed by atoms with Crippen molar-refractivity contribution in [1.82, 2.24) is 14.6 Å². The maximum absolute atomic E-state index is 13.6.